The van der Waals surface area contributed by atoms with Gasteiger partial charge in [-0.3, -0.25) is 4.98 Å². The van der Waals surface area contributed by atoms with E-state index in [1.165, 1.54) is 5.56 Å². The number of benzene rings is 3. The Kier molecular flexibility index (Phi) is 3.52. The fourth-order valence-corrected chi connectivity index (χ4v) is 4.59. The summed E-state index contributed by atoms with van der Waals surface area (Å²) in [5.41, 5.74) is 7.18. The highest BCUT2D eigenvalue weighted by atomic mass is 16.5. The first-order valence-corrected chi connectivity index (χ1v) is 10.6. The Balaban J connectivity index is 1.36. The zero-order valence-corrected chi connectivity index (χ0v) is 17.1. The van der Waals surface area contributed by atoms with Crippen LogP contribution in [0.25, 0.3) is 50.1 Å². The molecule has 150 valence electrons. The number of hydrogen-bond donors (Lipinski definition) is 0. The van der Waals surface area contributed by atoms with Crippen molar-refractivity contribution in [1.82, 2.24) is 14.4 Å². The van der Waals surface area contributed by atoms with Crippen molar-refractivity contribution in [3.8, 4) is 45.1 Å². The monoisotopic (exact) mass is 411 g/mol. The van der Waals surface area contributed by atoms with Gasteiger partial charge in [0.05, 0.1) is 5.69 Å². The molecule has 0 fully saturated rings. The predicted octanol–water partition coefficient (Wildman–Crippen LogP) is 6.99. The molecule has 0 saturated heterocycles. The third-order valence-electron chi connectivity index (χ3n) is 6.10. The lowest BCUT2D eigenvalue weighted by Crippen LogP contribution is -1.97. The molecule has 0 radical (unpaired) electrons. The van der Waals surface area contributed by atoms with E-state index in [1.807, 2.05) is 59.4 Å². The lowest BCUT2D eigenvalue weighted by molar-refractivity contribution is 0.487. The van der Waals surface area contributed by atoms with Crippen molar-refractivity contribution in [2.75, 3.05) is 0 Å². The molecule has 1 aliphatic heterocycles. The molecule has 4 heteroatoms. The van der Waals surface area contributed by atoms with E-state index in [2.05, 4.69) is 53.5 Å². The van der Waals surface area contributed by atoms with E-state index in [-0.39, 0.29) is 0 Å². The number of nitrogens with zero attached hydrogens (tertiary/aromatic N) is 3. The molecule has 4 nitrogen and oxygen atoms in total. The summed E-state index contributed by atoms with van der Waals surface area (Å²) < 4.78 is 8.23. The Morgan fingerprint density at radius 2 is 1.56 bits per heavy atom. The third kappa shape index (κ3) is 2.50. The topological polar surface area (TPSA) is 39.4 Å². The van der Waals surface area contributed by atoms with Gasteiger partial charge in [0.1, 0.15) is 22.8 Å². The van der Waals surface area contributed by atoms with Crippen LogP contribution in [0.2, 0.25) is 0 Å². The van der Waals surface area contributed by atoms with E-state index in [9.17, 15) is 0 Å². The highest BCUT2D eigenvalue weighted by Crippen LogP contribution is 2.48. The standard InChI is InChI=1S/C28H17N3O/c1-2-9-25-20(6-1)22-8-5-7-21-19(12-14-26(32-25)28(21)22)18-11-13-23(29-16-18)24-17-31-15-4-3-10-27(31)30-24/h1-17H. The van der Waals surface area contributed by atoms with E-state index in [4.69, 9.17) is 9.72 Å². The summed E-state index contributed by atoms with van der Waals surface area (Å²) in [6.07, 6.45) is 5.94. The molecule has 4 heterocycles. The summed E-state index contributed by atoms with van der Waals surface area (Å²) in [5.74, 6) is 1.80. The number of fused-ring (bicyclic) bond motifs is 3. The van der Waals surface area contributed by atoms with Crippen LogP contribution in [0.4, 0.5) is 0 Å². The van der Waals surface area contributed by atoms with E-state index in [1.54, 1.807) is 0 Å². The van der Waals surface area contributed by atoms with Crippen LogP contribution < -0.4 is 4.74 Å². The maximum absolute atomic E-state index is 6.22. The van der Waals surface area contributed by atoms with Crippen molar-refractivity contribution in [2.45, 2.75) is 0 Å². The average molecular weight is 411 g/mol. The second-order valence-electron chi connectivity index (χ2n) is 7.96. The first kappa shape index (κ1) is 17.3. The van der Waals surface area contributed by atoms with E-state index >= 15 is 0 Å². The Hall–Kier alpha value is -4.44. The number of aromatic nitrogens is 3. The van der Waals surface area contributed by atoms with Crippen molar-refractivity contribution >= 4 is 16.4 Å². The van der Waals surface area contributed by atoms with Crippen LogP contribution in [-0.2, 0) is 0 Å². The number of hydrogen-bond acceptors (Lipinski definition) is 3. The minimum atomic E-state index is 0.859. The van der Waals surface area contributed by atoms with E-state index < -0.39 is 0 Å². The average Bonchev–Trinajstić information content (AvgIpc) is 3.29. The van der Waals surface area contributed by atoms with Crippen molar-refractivity contribution in [3.05, 3.63) is 104 Å². The Bertz CT molecular complexity index is 1610. The molecule has 3 aromatic heterocycles. The highest BCUT2D eigenvalue weighted by molar-refractivity contribution is 6.09. The summed E-state index contributed by atoms with van der Waals surface area (Å²) in [6, 6.07) is 29.0. The Morgan fingerprint density at radius 3 is 2.47 bits per heavy atom. The highest BCUT2D eigenvalue weighted by Gasteiger charge is 2.21. The van der Waals surface area contributed by atoms with Gasteiger partial charge in [0.2, 0.25) is 0 Å². The number of para-hydroxylation sites is 1. The molecule has 3 aromatic carbocycles. The number of imidazole rings is 1. The molecule has 0 bridgehead atoms. The predicted molar refractivity (Wildman–Crippen MR) is 127 cm³/mol. The first-order chi connectivity index (χ1) is 15.8. The summed E-state index contributed by atoms with van der Waals surface area (Å²) >= 11 is 0. The van der Waals surface area contributed by atoms with Gasteiger partial charge >= 0.3 is 0 Å². The van der Waals surface area contributed by atoms with Crippen LogP contribution in [0.15, 0.2) is 104 Å². The molecule has 1 aliphatic rings. The summed E-state index contributed by atoms with van der Waals surface area (Å²) in [7, 11) is 0. The number of pyridine rings is 2. The zero-order valence-electron chi connectivity index (χ0n) is 17.1. The van der Waals surface area contributed by atoms with Gasteiger partial charge in [0.25, 0.3) is 0 Å². The van der Waals surface area contributed by atoms with Crippen LogP contribution in [0.1, 0.15) is 0 Å². The van der Waals surface area contributed by atoms with Crippen LogP contribution in [0.3, 0.4) is 0 Å². The molecule has 0 unspecified atom stereocenters. The van der Waals surface area contributed by atoms with E-state index in [0.29, 0.717) is 0 Å². The zero-order chi connectivity index (χ0) is 21.1. The van der Waals surface area contributed by atoms with Gasteiger partial charge in [0, 0.05) is 35.1 Å². The summed E-state index contributed by atoms with van der Waals surface area (Å²) in [4.78, 5) is 9.42. The molecule has 6 aromatic rings. The SMILES string of the molecule is c1ccc2c(c1)Oc1ccc(-c3ccc(-c4cn5ccccc5n4)nc3)c3cccc-2c13. The van der Waals surface area contributed by atoms with Gasteiger partial charge in [-0.25, -0.2) is 4.98 Å². The minimum Gasteiger partial charge on any atom is -0.456 e. The second kappa shape index (κ2) is 6.53. The molecule has 32 heavy (non-hydrogen) atoms. The van der Waals surface area contributed by atoms with Crippen LogP contribution in [0, 0.1) is 0 Å². The molecule has 7 rings (SSSR count). The fourth-order valence-electron chi connectivity index (χ4n) is 4.59. The van der Waals surface area contributed by atoms with E-state index in [0.717, 1.165) is 56.0 Å². The number of ether oxygens (including phenoxy) is 1. The number of rotatable bonds is 2. The smallest absolute Gasteiger partial charge is 0.137 e. The quantitative estimate of drug-likeness (QED) is 0.308. The Labute approximate surface area is 184 Å². The Morgan fingerprint density at radius 1 is 0.656 bits per heavy atom. The molecular formula is C28H17N3O. The second-order valence-corrected chi connectivity index (χ2v) is 7.96. The van der Waals surface area contributed by atoms with Crippen molar-refractivity contribution in [2.24, 2.45) is 0 Å². The van der Waals surface area contributed by atoms with Crippen molar-refractivity contribution in [1.29, 1.82) is 0 Å². The summed E-state index contributed by atoms with van der Waals surface area (Å²) in [5, 5.41) is 2.31. The molecule has 0 aliphatic carbocycles. The molecule has 0 saturated carbocycles. The first-order valence-electron chi connectivity index (χ1n) is 10.6. The van der Waals surface area contributed by atoms with Gasteiger partial charge < -0.3 is 9.14 Å². The van der Waals surface area contributed by atoms with Crippen molar-refractivity contribution < 1.29 is 4.74 Å². The van der Waals surface area contributed by atoms with Gasteiger partial charge in [-0.15, -0.1) is 0 Å². The lowest BCUT2D eigenvalue weighted by Gasteiger charge is -2.22. The van der Waals surface area contributed by atoms with Gasteiger partial charge in [0.15, 0.2) is 0 Å². The van der Waals surface area contributed by atoms with Crippen LogP contribution in [0.5, 0.6) is 11.5 Å². The maximum Gasteiger partial charge on any atom is 0.137 e. The molecule has 0 N–H and O–H groups in total. The van der Waals surface area contributed by atoms with Gasteiger partial charge in [-0.1, -0.05) is 48.5 Å². The van der Waals surface area contributed by atoms with Gasteiger partial charge in [-0.2, -0.15) is 0 Å². The molecule has 0 atom stereocenters. The summed E-state index contributed by atoms with van der Waals surface area (Å²) in [6.45, 7) is 0. The van der Waals surface area contributed by atoms with Crippen LogP contribution >= 0.6 is 0 Å². The molecular weight excluding hydrogens is 394 g/mol. The largest absolute Gasteiger partial charge is 0.456 e. The molecule has 0 spiro atoms. The van der Waals surface area contributed by atoms with Crippen LogP contribution in [-0.4, -0.2) is 14.4 Å². The third-order valence-corrected chi connectivity index (χ3v) is 6.10. The normalized spacial score (nSPS) is 12.0. The van der Waals surface area contributed by atoms with Gasteiger partial charge in [-0.05, 0) is 52.9 Å². The maximum atomic E-state index is 6.22. The lowest BCUT2D eigenvalue weighted by atomic mass is 9.91. The molecule has 0 amide bonds. The van der Waals surface area contributed by atoms with Crippen molar-refractivity contribution in [3.63, 3.8) is 0 Å². The minimum absolute atomic E-state index is 0.859. The fraction of sp³-hybridized carbons (Fsp3) is 0.